The summed E-state index contributed by atoms with van der Waals surface area (Å²) >= 11 is 12.1. The summed E-state index contributed by atoms with van der Waals surface area (Å²) in [7, 11) is 0. The molecule has 30 heavy (non-hydrogen) atoms. The van der Waals surface area contributed by atoms with Gasteiger partial charge in [-0.2, -0.15) is 8.78 Å². The van der Waals surface area contributed by atoms with Crippen molar-refractivity contribution < 1.29 is 22.8 Å². The minimum absolute atomic E-state index is 0.0311. The van der Waals surface area contributed by atoms with Crippen molar-refractivity contribution in [2.24, 2.45) is 10.4 Å². The number of halogens is 5. The molecule has 1 heterocycles. The van der Waals surface area contributed by atoms with Crippen LogP contribution in [-0.2, 0) is 9.59 Å². The Labute approximate surface area is 183 Å². The van der Waals surface area contributed by atoms with Crippen molar-refractivity contribution in [1.82, 2.24) is 4.90 Å². The van der Waals surface area contributed by atoms with Crippen LogP contribution in [0.15, 0.2) is 38.0 Å². The Balaban J connectivity index is 1.89. The fourth-order valence-electron chi connectivity index (χ4n) is 4.12. The summed E-state index contributed by atoms with van der Waals surface area (Å²) in [6.07, 6.45) is 4.56. The van der Waals surface area contributed by atoms with Crippen LogP contribution in [0.4, 0.5) is 13.2 Å². The highest BCUT2D eigenvalue weighted by atomic mass is 35.5. The summed E-state index contributed by atoms with van der Waals surface area (Å²) in [5.41, 5.74) is -1.22. The molecule has 2 aliphatic carbocycles. The van der Waals surface area contributed by atoms with Crippen LogP contribution in [0, 0.1) is 5.41 Å². The van der Waals surface area contributed by atoms with Gasteiger partial charge in [0.05, 0.1) is 22.7 Å². The third-order valence-electron chi connectivity index (χ3n) is 5.76. The molecule has 0 N–H and O–H groups in total. The Hall–Kier alpha value is -1.60. The van der Waals surface area contributed by atoms with Crippen molar-refractivity contribution in [3.05, 3.63) is 33.0 Å². The number of nitrogens with zero attached hydrogens (tertiary/aromatic N) is 2. The first-order chi connectivity index (χ1) is 13.9. The fourth-order valence-corrected chi connectivity index (χ4v) is 4.76. The number of rotatable bonds is 7. The van der Waals surface area contributed by atoms with Crippen molar-refractivity contribution >= 4 is 41.1 Å². The van der Waals surface area contributed by atoms with Crippen molar-refractivity contribution in [1.29, 1.82) is 0 Å². The molecule has 0 radical (unpaired) electrons. The van der Waals surface area contributed by atoms with Crippen molar-refractivity contribution in [3.8, 4) is 0 Å². The van der Waals surface area contributed by atoms with Gasteiger partial charge in [-0.15, -0.1) is 0 Å². The van der Waals surface area contributed by atoms with E-state index in [1.165, 1.54) is 11.0 Å². The second-order valence-electron chi connectivity index (χ2n) is 8.49. The highest BCUT2D eigenvalue weighted by Gasteiger charge is 2.40. The van der Waals surface area contributed by atoms with Gasteiger partial charge >= 0.3 is 0 Å². The fraction of sp³-hybridized carbons (Fsp3) is 0.571. The van der Waals surface area contributed by atoms with Crippen LogP contribution < -0.4 is 0 Å². The minimum atomic E-state index is -3.27. The number of alkyl halides is 3. The molecule has 9 heteroatoms. The SMILES string of the molecule is CC1(CN(CC(=O)C2=C(Cl)C(F)CC=C2Cl)C(=O)C2=C(C(C)(F)F)N=C2)CCCC1. The van der Waals surface area contributed by atoms with Crippen molar-refractivity contribution in [2.45, 2.75) is 58.0 Å². The van der Waals surface area contributed by atoms with E-state index < -0.39 is 36.0 Å². The standard InChI is InChI=1S/C21H23Cl2F3N2O2/c1-20(7-3-4-8-20)11-28(19(30)12-9-27-18(12)21(2,25)26)10-15(29)16-13(22)5-6-14(24)17(16)23/h5,9,14H,3-4,6-8,10-11H2,1-2H3. The third-order valence-corrected chi connectivity index (χ3v) is 6.53. The van der Waals surface area contributed by atoms with Crippen LogP contribution in [0.5, 0.6) is 0 Å². The molecule has 1 atom stereocenters. The maximum atomic E-state index is 14.0. The molecular formula is C21H23Cl2F3N2O2. The third kappa shape index (κ3) is 4.67. The van der Waals surface area contributed by atoms with Gasteiger partial charge in [0, 0.05) is 31.1 Å². The Bertz CT molecular complexity index is 881. The number of carbonyl (C=O) groups excluding carboxylic acids is 2. The van der Waals surface area contributed by atoms with Gasteiger partial charge in [-0.1, -0.05) is 49.0 Å². The first-order valence-corrected chi connectivity index (χ1v) is 10.6. The van der Waals surface area contributed by atoms with Crippen LogP contribution in [0.2, 0.25) is 0 Å². The molecule has 1 amide bonds. The van der Waals surface area contributed by atoms with E-state index in [2.05, 4.69) is 4.99 Å². The molecule has 0 spiro atoms. The van der Waals surface area contributed by atoms with Gasteiger partial charge in [0.2, 0.25) is 0 Å². The molecule has 3 aliphatic rings. The van der Waals surface area contributed by atoms with Gasteiger partial charge < -0.3 is 4.90 Å². The summed E-state index contributed by atoms with van der Waals surface area (Å²) < 4.78 is 41.4. The molecule has 0 aromatic rings. The Morgan fingerprint density at radius 2 is 1.93 bits per heavy atom. The number of ketones is 1. The monoisotopic (exact) mass is 462 g/mol. The van der Waals surface area contributed by atoms with E-state index in [0.717, 1.165) is 31.9 Å². The minimum Gasteiger partial charge on any atom is -0.330 e. The Morgan fingerprint density at radius 1 is 1.30 bits per heavy atom. The van der Waals surface area contributed by atoms with Crippen LogP contribution in [-0.4, -0.2) is 48.0 Å². The lowest BCUT2D eigenvalue weighted by atomic mass is 9.87. The number of hydrogen-bond donors (Lipinski definition) is 0. The molecule has 0 aromatic heterocycles. The molecule has 1 unspecified atom stereocenters. The maximum absolute atomic E-state index is 14.0. The zero-order valence-corrected chi connectivity index (χ0v) is 18.3. The molecule has 1 aliphatic heterocycles. The first-order valence-electron chi connectivity index (χ1n) is 9.82. The van der Waals surface area contributed by atoms with Crippen molar-refractivity contribution in [2.75, 3.05) is 13.1 Å². The van der Waals surface area contributed by atoms with Gasteiger partial charge in [0.1, 0.15) is 11.9 Å². The number of Topliss-reactive ketones (excluding diaryl/α,β-unsaturated/α-hetero) is 1. The number of hydrogen-bond acceptors (Lipinski definition) is 3. The molecule has 4 nitrogen and oxygen atoms in total. The molecular weight excluding hydrogens is 440 g/mol. The second kappa shape index (κ2) is 8.50. The lowest BCUT2D eigenvalue weighted by molar-refractivity contribution is -0.132. The normalized spacial score (nSPS) is 23.4. The molecule has 0 saturated heterocycles. The Kier molecular flexibility index (Phi) is 6.54. The average molecular weight is 463 g/mol. The topological polar surface area (TPSA) is 49.7 Å². The largest absolute Gasteiger partial charge is 0.330 e. The summed E-state index contributed by atoms with van der Waals surface area (Å²) in [5, 5.41) is -0.263. The zero-order valence-electron chi connectivity index (χ0n) is 16.8. The van der Waals surface area contributed by atoms with E-state index in [1.54, 1.807) is 0 Å². The zero-order chi connectivity index (χ0) is 22.3. The van der Waals surface area contributed by atoms with Gasteiger partial charge in [0.25, 0.3) is 11.8 Å². The first kappa shape index (κ1) is 23.1. The molecule has 3 rings (SSSR count). The van der Waals surface area contributed by atoms with E-state index >= 15 is 0 Å². The smallest absolute Gasteiger partial charge is 0.287 e. The molecule has 164 valence electrons. The van der Waals surface area contributed by atoms with Gasteiger partial charge in [-0.3, -0.25) is 14.6 Å². The molecule has 0 bridgehead atoms. The van der Waals surface area contributed by atoms with Crippen LogP contribution >= 0.6 is 23.2 Å². The summed E-state index contributed by atoms with van der Waals surface area (Å²) in [6.45, 7) is 2.44. The molecule has 0 aromatic carbocycles. The summed E-state index contributed by atoms with van der Waals surface area (Å²) in [4.78, 5) is 30.8. The average Bonchev–Trinajstić information content (AvgIpc) is 3.01. The van der Waals surface area contributed by atoms with Gasteiger partial charge in [0.15, 0.2) is 5.78 Å². The number of aliphatic imine (C=N–C) groups is 1. The van der Waals surface area contributed by atoms with Crippen LogP contribution in [0.3, 0.4) is 0 Å². The number of amides is 1. The lowest BCUT2D eigenvalue weighted by Crippen LogP contribution is -2.45. The highest BCUT2D eigenvalue weighted by molar-refractivity contribution is 6.40. The van der Waals surface area contributed by atoms with Gasteiger partial charge in [-0.25, -0.2) is 4.39 Å². The highest BCUT2D eigenvalue weighted by Crippen LogP contribution is 2.40. The quantitative estimate of drug-likeness (QED) is 0.514. The Morgan fingerprint density at radius 3 is 2.47 bits per heavy atom. The van der Waals surface area contributed by atoms with E-state index in [0.29, 0.717) is 6.92 Å². The molecule has 1 saturated carbocycles. The predicted molar refractivity (Wildman–Crippen MR) is 111 cm³/mol. The van der Waals surface area contributed by atoms with E-state index in [-0.39, 0.29) is 39.6 Å². The maximum Gasteiger partial charge on any atom is 0.287 e. The summed E-state index contributed by atoms with van der Waals surface area (Å²) in [5.74, 6) is -4.59. The van der Waals surface area contributed by atoms with Gasteiger partial charge in [-0.05, 0) is 18.3 Å². The number of carbonyl (C=O) groups is 2. The lowest BCUT2D eigenvalue weighted by Gasteiger charge is -2.34. The second-order valence-corrected chi connectivity index (χ2v) is 9.30. The number of allylic oxidation sites excluding steroid dienone is 4. The van der Waals surface area contributed by atoms with Crippen LogP contribution in [0.1, 0.15) is 46.0 Å². The van der Waals surface area contributed by atoms with Crippen LogP contribution in [0.25, 0.3) is 0 Å². The van der Waals surface area contributed by atoms with E-state index in [1.807, 2.05) is 6.92 Å². The predicted octanol–water partition coefficient (Wildman–Crippen LogP) is 5.32. The van der Waals surface area contributed by atoms with E-state index in [4.69, 9.17) is 23.2 Å². The van der Waals surface area contributed by atoms with E-state index in [9.17, 15) is 22.8 Å². The van der Waals surface area contributed by atoms with Crippen molar-refractivity contribution in [3.63, 3.8) is 0 Å². The molecule has 1 fully saturated rings. The summed E-state index contributed by atoms with van der Waals surface area (Å²) in [6, 6.07) is 0.